The number of rotatable bonds is 7. The van der Waals surface area contributed by atoms with Crippen LogP contribution in [0.3, 0.4) is 0 Å². The molecule has 3 rings (SSSR count). The van der Waals surface area contributed by atoms with Gasteiger partial charge < -0.3 is 9.30 Å². The van der Waals surface area contributed by atoms with E-state index in [2.05, 4.69) is 21.7 Å². The summed E-state index contributed by atoms with van der Waals surface area (Å²) in [6, 6.07) is 12.9. The molecule has 0 saturated carbocycles. The van der Waals surface area contributed by atoms with E-state index in [1.165, 1.54) is 0 Å². The molecule has 27 heavy (non-hydrogen) atoms. The Hall–Kier alpha value is -1.40. The third kappa shape index (κ3) is 5.11. The van der Waals surface area contributed by atoms with Gasteiger partial charge in [-0.15, -0.1) is 10.2 Å². The van der Waals surface area contributed by atoms with E-state index >= 15 is 0 Å². The van der Waals surface area contributed by atoms with Crippen LogP contribution < -0.4 is 4.74 Å². The van der Waals surface area contributed by atoms with Crippen molar-refractivity contribution in [2.24, 2.45) is 0 Å². The van der Waals surface area contributed by atoms with Gasteiger partial charge >= 0.3 is 0 Å². The molecular formula is C19H18Cl3N3OS. The number of aromatic nitrogens is 3. The number of hydrogen-bond acceptors (Lipinski definition) is 4. The Morgan fingerprint density at radius 1 is 1.07 bits per heavy atom. The zero-order valence-corrected chi connectivity index (χ0v) is 17.9. The largest absolute Gasteiger partial charge is 0.483 e. The smallest absolute Gasteiger partial charge is 0.191 e. The van der Waals surface area contributed by atoms with Gasteiger partial charge in [0.15, 0.2) is 17.1 Å². The Labute approximate surface area is 177 Å². The second-order valence-corrected chi connectivity index (χ2v) is 8.03. The van der Waals surface area contributed by atoms with Crippen molar-refractivity contribution in [2.75, 3.05) is 0 Å². The van der Waals surface area contributed by atoms with Crippen LogP contribution in [0.1, 0.15) is 31.3 Å². The van der Waals surface area contributed by atoms with Gasteiger partial charge in [0.2, 0.25) is 0 Å². The molecule has 0 fully saturated rings. The molecular weight excluding hydrogens is 425 g/mol. The number of thioether (sulfide) groups is 1. The summed E-state index contributed by atoms with van der Waals surface area (Å²) in [5, 5.41) is 11.2. The van der Waals surface area contributed by atoms with Gasteiger partial charge in [-0.25, -0.2) is 0 Å². The van der Waals surface area contributed by atoms with E-state index in [0.29, 0.717) is 20.8 Å². The molecule has 0 saturated heterocycles. The van der Waals surface area contributed by atoms with Gasteiger partial charge in [-0.2, -0.15) is 0 Å². The van der Waals surface area contributed by atoms with Crippen molar-refractivity contribution in [3.63, 3.8) is 0 Å². The van der Waals surface area contributed by atoms with Crippen molar-refractivity contribution in [3.05, 3.63) is 68.9 Å². The van der Waals surface area contributed by atoms with Crippen LogP contribution in [0, 0.1) is 0 Å². The third-order valence-corrected chi connectivity index (χ3v) is 5.90. The average molecular weight is 443 g/mol. The first-order valence-electron chi connectivity index (χ1n) is 8.40. The average Bonchev–Trinajstić information content (AvgIpc) is 3.06. The molecule has 1 aromatic heterocycles. The van der Waals surface area contributed by atoms with Crippen LogP contribution in [0.2, 0.25) is 15.1 Å². The molecule has 1 atom stereocenters. The van der Waals surface area contributed by atoms with Gasteiger partial charge in [0, 0.05) is 17.3 Å². The molecule has 0 aliphatic heterocycles. The van der Waals surface area contributed by atoms with E-state index in [4.69, 9.17) is 39.5 Å². The van der Waals surface area contributed by atoms with Gasteiger partial charge in [0.05, 0.1) is 10.0 Å². The molecule has 1 unspecified atom stereocenters. The zero-order valence-electron chi connectivity index (χ0n) is 14.8. The topological polar surface area (TPSA) is 39.9 Å². The summed E-state index contributed by atoms with van der Waals surface area (Å²) in [7, 11) is 0. The minimum absolute atomic E-state index is 0.254. The Morgan fingerprint density at radius 2 is 1.89 bits per heavy atom. The van der Waals surface area contributed by atoms with Crippen LogP contribution in [0.4, 0.5) is 0 Å². The molecule has 0 N–H and O–H groups in total. The number of benzene rings is 2. The van der Waals surface area contributed by atoms with Crippen LogP contribution in [0.15, 0.2) is 47.6 Å². The fourth-order valence-electron chi connectivity index (χ4n) is 2.58. The lowest BCUT2D eigenvalue weighted by Crippen LogP contribution is -2.12. The Kier molecular flexibility index (Phi) is 6.93. The quantitative estimate of drug-likeness (QED) is 0.382. The summed E-state index contributed by atoms with van der Waals surface area (Å²) in [6.45, 7) is 4.75. The van der Waals surface area contributed by atoms with Crippen molar-refractivity contribution in [2.45, 2.75) is 37.4 Å². The van der Waals surface area contributed by atoms with Crippen LogP contribution in [0.25, 0.3) is 0 Å². The second-order valence-electron chi connectivity index (χ2n) is 5.84. The maximum Gasteiger partial charge on any atom is 0.191 e. The fraction of sp³-hybridized carbons (Fsp3) is 0.263. The van der Waals surface area contributed by atoms with E-state index in [1.807, 2.05) is 37.3 Å². The first-order chi connectivity index (χ1) is 13.0. The highest BCUT2D eigenvalue weighted by Gasteiger charge is 2.19. The van der Waals surface area contributed by atoms with Crippen molar-refractivity contribution in [1.29, 1.82) is 0 Å². The summed E-state index contributed by atoms with van der Waals surface area (Å²) >= 11 is 19.7. The SMILES string of the molecule is CCn1c(SCc2ccc(Cl)c(Cl)c2)nnc1C(C)Oc1cccc(Cl)c1. The monoisotopic (exact) mass is 441 g/mol. The highest BCUT2D eigenvalue weighted by molar-refractivity contribution is 7.98. The van der Waals surface area contributed by atoms with Crippen molar-refractivity contribution >= 4 is 46.6 Å². The van der Waals surface area contributed by atoms with E-state index in [0.717, 1.165) is 28.8 Å². The molecule has 0 aliphatic carbocycles. The van der Waals surface area contributed by atoms with E-state index in [9.17, 15) is 0 Å². The summed E-state index contributed by atoms with van der Waals surface area (Å²) < 4.78 is 8.03. The molecule has 0 spiro atoms. The Morgan fingerprint density at radius 3 is 2.59 bits per heavy atom. The van der Waals surface area contributed by atoms with Crippen LogP contribution in [0.5, 0.6) is 5.75 Å². The standard InChI is InChI=1S/C19H18Cl3N3OS/c1-3-25-18(12(2)26-15-6-4-5-14(20)10-15)23-24-19(25)27-11-13-7-8-16(21)17(22)9-13/h4-10,12H,3,11H2,1-2H3. The number of nitrogens with zero attached hydrogens (tertiary/aromatic N) is 3. The first-order valence-corrected chi connectivity index (χ1v) is 10.5. The highest BCUT2D eigenvalue weighted by atomic mass is 35.5. The van der Waals surface area contributed by atoms with E-state index in [1.54, 1.807) is 23.9 Å². The summed E-state index contributed by atoms with van der Waals surface area (Å²) in [4.78, 5) is 0. The van der Waals surface area contributed by atoms with Crippen molar-refractivity contribution in [3.8, 4) is 5.75 Å². The number of hydrogen-bond donors (Lipinski definition) is 0. The summed E-state index contributed by atoms with van der Waals surface area (Å²) in [6.07, 6.45) is -0.254. The maximum atomic E-state index is 6.09. The molecule has 3 aromatic rings. The van der Waals surface area contributed by atoms with Gasteiger partial charge in [-0.05, 0) is 49.7 Å². The van der Waals surface area contributed by atoms with Crippen molar-refractivity contribution < 1.29 is 4.74 Å². The van der Waals surface area contributed by atoms with Crippen LogP contribution in [-0.4, -0.2) is 14.8 Å². The lowest BCUT2D eigenvalue weighted by atomic mass is 10.2. The molecule has 0 radical (unpaired) electrons. The lowest BCUT2D eigenvalue weighted by molar-refractivity contribution is 0.210. The molecule has 0 bridgehead atoms. The third-order valence-electron chi connectivity index (χ3n) is 3.89. The van der Waals surface area contributed by atoms with E-state index in [-0.39, 0.29) is 6.10 Å². The fourth-order valence-corrected chi connectivity index (χ4v) is 4.03. The highest BCUT2D eigenvalue weighted by Crippen LogP contribution is 2.29. The lowest BCUT2D eigenvalue weighted by Gasteiger charge is -2.15. The summed E-state index contributed by atoms with van der Waals surface area (Å²) in [5.41, 5.74) is 1.07. The molecule has 0 amide bonds. The minimum Gasteiger partial charge on any atom is -0.483 e. The van der Waals surface area contributed by atoms with Gasteiger partial charge in [-0.3, -0.25) is 0 Å². The maximum absolute atomic E-state index is 6.09. The van der Waals surface area contributed by atoms with Crippen LogP contribution in [-0.2, 0) is 12.3 Å². The van der Waals surface area contributed by atoms with Gasteiger partial charge in [0.1, 0.15) is 5.75 Å². The minimum atomic E-state index is -0.254. The van der Waals surface area contributed by atoms with Gasteiger partial charge in [0.25, 0.3) is 0 Å². The Balaban J connectivity index is 1.72. The van der Waals surface area contributed by atoms with E-state index < -0.39 is 0 Å². The number of ether oxygens (including phenoxy) is 1. The Bertz CT molecular complexity index is 932. The first kappa shape index (κ1) is 20.3. The molecule has 2 aromatic carbocycles. The predicted octanol–water partition coefficient (Wildman–Crippen LogP) is 6.69. The summed E-state index contributed by atoms with van der Waals surface area (Å²) in [5.74, 6) is 2.19. The van der Waals surface area contributed by atoms with Crippen molar-refractivity contribution in [1.82, 2.24) is 14.8 Å². The molecule has 4 nitrogen and oxygen atoms in total. The number of halogens is 3. The molecule has 1 heterocycles. The molecule has 142 valence electrons. The van der Waals surface area contributed by atoms with Gasteiger partial charge in [-0.1, -0.05) is 58.7 Å². The second kappa shape index (κ2) is 9.20. The molecule has 0 aliphatic rings. The zero-order chi connectivity index (χ0) is 19.4. The van der Waals surface area contributed by atoms with Crippen LogP contribution >= 0.6 is 46.6 Å². The normalized spacial score (nSPS) is 12.2. The predicted molar refractivity (Wildman–Crippen MR) is 112 cm³/mol. The molecule has 8 heteroatoms.